The Labute approximate surface area is 232 Å². The van der Waals surface area contributed by atoms with Crippen LogP contribution in [0.15, 0.2) is 60.7 Å². The number of hydrogen-bond acceptors (Lipinski definition) is 3. The van der Waals surface area contributed by atoms with E-state index in [1.807, 2.05) is 24.3 Å². The molecule has 1 saturated carbocycles. The molecule has 0 aliphatic heterocycles. The summed E-state index contributed by atoms with van der Waals surface area (Å²) in [5.41, 5.74) is 1.85. The zero-order valence-electron chi connectivity index (χ0n) is 24.1. The first-order chi connectivity index (χ1) is 18.6. The zero-order valence-corrected chi connectivity index (χ0v) is 24.1. The summed E-state index contributed by atoms with van der Waals surface area (Å²) >= 11 is 0. The summed E-state index contributed by atoms with van der Waals surface area (Å²) in [6.45, 7) is 7.53. The van der Waals surface area contributed by atoms with Crippen LogP contribution in [0.2, 0.25) is 0 Å². The summed E-state index contributed by atoms with van der Waals surface area (Å²) in [6, 6.07) is 15.3. The number of benzene rings is 2. The quantitative estimate of drug-likeness (QED) is 0.0959. The predicted octanol–water partition coefficient (Wildman–Crippen LogP) is 9.99. The van der Waals surface area contributed by atoms with Crippen LogP contribution < -0.4 is 9.47 Å². The van der Waals surface area contributed by atoms with Crippen molar-refractivity contribution in [3.63, 3.8) is 0 Å². The lowest BCUT2D eigenvalue weighted by Gasteiger charge is -2.26. The summed E-state index contributed by atoms with van der Waals surface area (Å²) in [5, 5.41) is 0. The number of allylic oxidation sites excluding steroid dienone is 2. The molecule has 0 amide bonds. The van der Waals surface area contributed by atoms with Crippen LogP contribution in [0.5, 0.6) is 11.5 Å². The van der Waals surface area contributed by atoms with Gasteiger partial charge in [0.25, 0.3) is 0 Å². The van der Waals surface area contributed by atoms with Crippen LogP contribution in [0, 0.1) is 17.8 Å². The number of rotatable bonds is 16. The van der Waals surface area contributed by atoms with Gasteiger partial charge in [-0.05, 0) is 111 Å². The lowest BCUT2D eigenvalue weighted by atomic mass is 9.79. The molecule has 0 saturated heterocycles. The second kappa shape index (κ2) is 17.1. The van der Waals surface area contributed by atoms with Gasteiger partial charge in [0.15, 0.2) is 0 Å². The summed E-state index contributed by atoms with van der Waals surface area (Å²) in [5.74, 6) is 3.51. The molecule has 2 aromatic carbocycles. The van der Waals surface area contributed by atoms with Gasteiger partial charge in [0, 0.05) is 0 Å². The monoisotopic (exact) mass is 518 g/mol. The van der Waals surface area contributed by atoms with Crippen molar-refractivity contribution in [3.05, 3.63) is 71.8 Å². The Kier molecular flexibility index (Phi) is 13.5. The van der Waals surface area contributed by atoms with Crippen LogP contribution in [0.1, 0.15) is 114 Å². The van der Waals surface area contributed by atoms with Crippen LogP contribution >= 0.6 is 0 Å². The first-order valence-electron chi connectivity index (χ1n) is 15.3. The van der Waals surface area contributed by atoms with E-state index >= 15 is 0 Å². The maximum absolute atomic E-state index is 12.6. The number of aryl methyl sites for hydroxylation is 1. The molecule has 1 aliphatic carbocycles. The molecule has 3 heteroatoms. The van der Waals surface area contributed by atoms with Crippen molar-refractivity contribution in [2.75, 3.05) is 6.61 Å². The largest absolute Gasteiger partial charge is 0.494 e. The molecule has 1 atom stereocenters. The Morgan fingerprint density at radius 1 is 0.921 bits per heavy atom. The maximum atomic E-state index is 12.6. The van der Waals surface area contributed by atoms with Gasteiger partial charge in [-0.2, -0.15) is 0 Å². The highest BCUT2D eigenvalue weighted by Gasteiger charge is 2.19. The summed E-state index contributed by atoms with van der Waals surface area (Å²) in [6.07, 6.45) is 21.1. The summed E-state index contributed by atoms with van der Waals surface area (Å²) in [7, 11) is 0. The van der Waals surface area contributed by atoms with Crippen molar-refractivity contribution in [1.82, 2.24) is 0 Å². The van der Waals surface area contributed by atoms with Crippen molar-refractivity contribution < 1.29 is 14.3 Å². The number of hydrogen-bond donors (Lipinski definition) is 0. The lowest BCUT2D eigenvalue weighted by molar-refractivity contribution is 0.0734. The molecule has 38 heavy (non-hydrogen) atoms. The molecular weight excluding hydrogens is 468 g/mol. The molecule has 0 N–H and O–H groups in total. The minimum Gasteiger partial charge on any atom is -0.494 e. The first-order valence-corrected chi connectivity index (χ1v) is 15.3. The van der Waals surface area contributed by atoms with Crippen molar-refractivity contribution >= 4 is 5.97 Å². The molecular formula is C35H50O3. The zero-order chi connectivity index (χ0) is 27.0. The number of ether oxygens (including phenoxy) is 2. The van der Waals surface area contributed by atoms with Crippen molar-refractivity contribution in [3.8, 4) is 11.5 Å². The number of carbonyl (C=O) groups is 1. The van der Waals surface area contributed by atoms with Gasteiger partial charge >= 0.3 is 5.97 Å². The fourth-order valence-electron chi connectivity index (χ4n) is 5.24. The SMILES string of the molecule is CCC/C=C/C1CCC(CCc2ccc(OC(=O)c3ccc(OCCCCCC(C)CC)cc3)cc2)CC1. The van der Waals surface area contributed by atoms with Crippen LogP contribution in [-0.4, -0.2) is 12.6 Å². The average Bonchev–Trinajstić information content (AvgIpc) is 2.95. The van der Waals surface area contributed by atoms with Gasteiger partial charge in [-0.25, -0.2) is 4.79 Å². The molecule has 0 heterocycles. The second-order valence-electron chi connectivity index (χ2n) is 11.3. The second-order valence-corrected chi connectivity index (χ2v) is 11.3. The maximum Gasteiger partial charge on any atom is 0.343 e. The number of carbonyl (C=O) groups excluding carboxylic acids is 1. The third kappa shape index (κ3) is 11.1. The van der Waals surface area contributed by atoms with Crippen molar-refractivity contribution in [2.45, 2.75) is 104 Å². The van der Waals surface area contributed by atoms with Gasteiger partial charge in [-0.15, -0.1) is 0 Å². The fourth-order valence-corrected chi connectivity index (χ4v) is 5.24. The Morgan fingerprint density at radius 3 is 2.32 bits per heavy atom. The van der Waals surface area contributed by atoms with Gasteiger partial charge in [0.05, 0.1) is 12.2 Å². The van der Waals surface area contributed by atoms with E-state index in [1.165, 1.54) is 76.2 Å². The van der Waals surface area contributed by atoms with Gasteiger partial charge in [0.2, 0.25) is 0 Å². The van der Waals surface area contributed by atoms with E-state index in [1.54, 1.807) is 12.1 Å². The Balaban J connectivity index is 1.33. The van der Waals surface area contributed by atoms with Gasteiger partial charge in [-0.1, -0.05) is 77.2 Å². The molecule has 2 aromatic rings. The standard InChI is InChI=1S/C35H50O3/c1-4-6-8-12-29-13-15-30(16-14-29)17-18-31-19-23-34(24-20-31)38-35(36)32-21-25-33(26-22-32)37-27-10-7-9-11-28(3)5-2/h8,12,19-26,28-30H,4-7,9-11,13-18,27H2,1-3H3/b12-8+. The van der Waals surface area contributed by atoms with E-state index in [-0.39, 0.29) is 5.97 Å². The molecule has 208 valence electrons. The molecule has 1 unspecified atom stereocenters. The van der Waals surface area contributed by atoms with Crippen LogP contribution in [0.3, 0.4) is 0 Å². The molecule has 0 aromatic heterocycles. The molecule has 0 spiro atoms. The highest BCUT2D eigenvalue weighted by molar-refractivity contribution is 5.91. The van der Waals surface area contributed by atoms with E-state index < -0.39 is 0 Å². The highest BCUT2D eigenvalue weighted by Crippen LogP contribution is 2.32. The van der Waals surface area contributed by atoms with E-state index in [2.05, 4.69) is 45.1 Å². The molecule has 0 radical (unpaired) electrons. The topological polar surface area (TPSA) is 35.5 Å². The molecule has 0 bridgehead atoms. The summed E-state index contributed by atoms with van der Waals surface area (Å²) in [4.78, 5) is 12.6. The normalized spacial score (nSPS) is 18.4. The highest BCUT2D eigenvalue weighted by atomic mass is 16.5. The van der Waals surface area contributed by atoms with Crippen molar-refractivity contribution in [2.24, 2.45) is 17.8 Å². The minimum atomic E-state index is -0.334. The third-order valence-electron chi connectivity index (χ3n) is 8.13. The molecule has 1 fully saturated rings. The Bertz CT molecular complexity index is 936. The Hall–Kier alpha value is -2.55. The summed E-state index contributed by atoms with van der Waals surface area (Å²) < 4.78 is 11.5. The smallest absolute Gasteiger partial charge is 0.343 e. The fraction of sp³-hybridized carbons (Fsp3) is 0.571. The van der Waals surface area contributed by atoms with Gasteiger partial charge in [0.1, 0.15) is 11.5 Å². The predicted molar refractivity (Wildman–Crippen MR) is 159 cm³/mol. The van der Waals surface area contributed by atoms with E-state index in [9.17, 15) is 4.79 Å². The van der Waals surface area contributed by atoms with E-state index in [4.69, 9.17) is 9.47 Å². The lowest BCUT2D eigenvalue weighted by Crippen LogP contribution is -2.13. The van der Waals surface area contributed by atoms with Crippen LogP contribution in [0.25, 0.3) is 0 Å². The van der Waals surface area contributed by atoms with Gasteiger partial charge in [-0.3, -0.25) is 0 Å². The molecule has 3 nitrogen and oxygen atoms in total. The first kappa shape index (κ1) is 30.0. The third-order valence-corrected chi connectivity index (χ3v) is 8.13. The average molecular weight is 519 g/mol. The van der Waals surface area contributed by atoms with Crippen LogP contribution in [0.4, 0.5) is 0 Å². The van der Waals surface area contributed by atoms with Crippen LogP contribution in [-0.2, 0) is 6.42 Å². The van der Waals surface area contributed by atoms with E-state index in [0.29, 0.717) is 17.9 Å². The number of esters is 1. The minimum absolute atomic E-state index is 0.334. The van der Waals surface area contributed by atoms with E-state index in [0.717, 1.165) is 36.3 Å². The van der Waals surface area contributed by atoms with Gasteiger partial charge < -0.3 is 9.47 Å². The number of unbranched alkanes of at least 4 members (excludes halogenated alkanes) is 3. The van der Waals surface area contributed by atoms with Crippen molar-refractivity contribution in [1.29, 1.82) is 0 Å². The molecule has 1 aliphatic rings. The molecule has 3 rings (SSSR count). The Morgan fingerprint density at radius 2 is 1.63 bits per heavy atom.